The fraction of sp³-hybridized carbons (Fsp3) is 0.750. The summed E-state index contributed by atoms with van der Waals surface area (Å²) in [4.78, 5) is 10.6. The molecule has 0 spiro atoms. The van der Waals surface area contributed by atoms with Gasteiger partial charge in [0.2, 0.25) is 10.3 Å². The van der Waals surface area contributed by atoms with Gasteiger partial charge in [-0.15, -0.1) is 0 Å². The molecule has 0 aliphatic heterocycles. The van der Waals surface area contributed by atoms with Gasteiger partial charge in [0, 0.05) is 0 Å². The monoisotopic (exact) mass is 254 g/mol. The van der Waals surface area contributed by atoms with Crippen molar-refractivity contribution >= 4 is 21.1 Å². The van der Waals surface area contributed by atoms with Crippen LogP contribution in [0.2, 0.25) is 0 Å². The number of hydrogen-bond acceptors (Lipinski definition) is 7. The largest absolute Gasteiger partial charge is 0.461 e. The summed E-state index contributed by atoms with van der Waals surface area (Å²) < 4.78 is 25.3. The second kappa shape index (κ2) is 6.59. The van der Waals surface area contributed by atoms with Gasteiger partial charge in [0.05, 0.1) is 25.2 Å². The summed E-state index contributed by atoms with van der Waals surface area (Å²) in [5, 5.41) is 26.7. The van der Waals surface area contributed by atoms with Gasteiger partial charge in [-0.1, -0.05) is 0 Å². The molecule has 0 aliphatic carbocycles. The highest BCUT2D eigenvalue weighted by atomic mass is 32.2. The maximum absolute atomic E-state index is 11.1. The van der Waals surface area contributed by atoms with Crippen LogP contribution in [-0.4, -0.2) is 61.0 Å². The molecule has 0 aliphatic rings. The van der Waals surface area contributed by atoms with Crippen LogP contribution in [-0.2, 0) is 19.8 Å². The molecule has 0 saturated heterocycles. The number of hydrogen-bond donors (Lipinski definition) is 3. The smallest absolute Gasteiger partial charge is 0.349 e. The predicted molar refractivity (Wildman–Crippen MR) is 54.3 cm³/mol. The molecule has 0 aromatic carbocycles. The Balaban J connectivity index is 4.56. The first-order chi connectivity index (χ1) is 7.42. The number of aliphatic hydroxyl groups excluding tert-OH is 3. The fourth-order valence-corrected chi connectivity index (χ4v) is 0.870. The van der Waals surface area contributed by atoms with Gasteiger partial charge in [-0.25, -0.2) is 4.79 Å². The maximum Gasteiger partial charge on any atom is 0.349 e. The Bertz CT molecular complexity index is 350. The minimum absolute atomic E-state index is 0.468. The van der Waals surface area contributed by atoms with E-state index in [9.17, 15) is 13.2 Å². The molecular formula is C8H14O7S. The van der Waals surface area contributed by atoms with Crippen LogP contribution in [0.1, 0.15) is 6.92 Å². The minimum Gasteiger partial charge on any atom is -0.461 e. The number of esters is 1. The molecule has 16 heavy (non-hydrogen) atoms. The van der Waals surface area contributed by atoms with Gasteiger partial charge in [0.15, 0.2) is 4.86 Å². The predicted octanol–water partition coefficient (Wildman–Crippen LogP) is -2.44. The van der Waals surface area contributed by atoms with Crippen LogP contribution in [0.3, 0.4) is 0 Å². The van der Waals surface area contributed by atoms with Crippen molar-refractivity contribution in [1.29, 1.82) is 0 Å². The second-order valence-corrected chi connectivity index (χ2v) is 4.42. The number of carbonyl (C=O) groups excluding carboxylic acids is 1. The van der Waals surface area contributed by atoms with Gasteiger partial charge < -0.3 is 20.1 Å². The third kappa shape index (κ3) is 3.89. The Morgan fingerprint density at radius 3 is 1.94 bits per heavy atom. The van der Waals surface area contributed by atoms with E-state index in [2.05, 4.69) is 4.74 Å². The van der Waals surface area contributed by atoms with Gasteiger partial charge in [0.25, 0.3) is 0 Å². The first-order valence-corrected chi connectivity index (χ1v) is 5.42. The Labute approximate surface area is 93.8 Å². The zero-order chi connectivity index (χ0) is 12.8. The van der Waals surface area contributed by atoms with Crippen molar-refractivity contribution in [3.8, 4) is 0 Å². The van der Waals surface area contributed by atoms with E-state index < -0.39 is 53.0 Å². The van der Waals surface area contributed by atoms with E-state index in [0.717, 1.165) is 6.92 Å². The molecule has 7 nitrogen and oxygen atoms in total. The lowest BCUT2D eigenvalue weighted by Gasteiger charge is -2.26. The fourth-order valence-electron chi connectivity index (χ4n) is 0.675. The van der Waals surface area contributed by atoms with E-state index in [0.29, 0.717) is 0 Å². The Hall–Kier alpha value is -0.960. The lowest BCUT2D eigenvalue weighted by Crippen LogP contribution is -2.40. The van der Waals surface area contributed by atoms with Crippen molar-refractivity contribution in [3.63, 3.8) is 0 Å². The average Bonchev–Trinajstić information content (AvgIpc) is 2.30. The summed E-state index contributed by atoms with van der Waals surface area (Å²) in [6.45, 7) is -1.18. The summed E-state index contributed by atoms with van der Waals surface area (Å²) in [6.07, 6.45) is 0. The molecule has 0 unspecified atom stereocenters. The molecule has 0 rings (SSSR count). The molecule has 0 radical (unpaired) electrons. The number of carbonyl (C=O) groups is 1. The van der Waals surface area contributed by atoms with Crippen LogP contribution in [0.5, 0.6) is 0 Å². The van der Waals surface area contributed by atoms with Gasteiger partial charge in [-0.3, -0.25) is 0 Å². The summed E-state index contributed by atoms with van der Waals surface area (Å²) >= 11 is 0. The van der Waals surface area contributed by atoms with E-state index >= 15 is 0 Å². The summed E-state index contributed by atoms with van der Waals surface area (Å²) in [5.41, 5.74) is -1.36. The minimum atomic E-state index is -2.67. The van der Waals surface area contributed by atoms with Crippen LogP contribution in [0.25, 0.3) is 0 Å². The number of aliphatic hydroxyl groups is 3. The highest BCUT2D eigenvalue weighted by molar-refractivity contribution is 7.74. The molecule has 94 valence electrons. The molecular weight excluding hydrogens is 240 g/mol. The average molecular weight is 254 g/mol. The number of rotatable bonds is 6. The van der Waals surface area contributed by atoms with Gasteiger partial charge in [-0.2, -0.15) is 8.42 Å². The molecule has 0 saturated carbocycles. The van der Waals surface area contributed by atoms with E-state index in [1.54, 1.807) is 0 Å². The third-order valence-corrected chi connectivity index (χ3v) is 2.72. The molecule has 0 amide bonds. The highest BCUT2D eigenvalue weighted by Gasteiger charge is 2.30. The lowest BCUT2D eigenvalue weighted by atomic mass is 9.93. The first kappa shape index (κ1) is 15.0. The van der Waals surface area contributed by atoms with E-state index in [1.807, 2.05) is 0 Å². The summed E-state index contributed by atoms with van der Waals surface area (Å²) in [7, 11) is -2.67. The van der Waals surface area contributed by atoms with Crippen molar-refractivity contribution in [3.05, 3.63) is 0 Å². The number of ether oxygens (including phenoxy) is 1. The molecule has 3 N–H and O–H groups in total. The van der Waals surface area contributed by atoms with Crippen molar-refractivity contribution in [1.82, 2.24) is 0 Å². The van der Waals surface area contributed by atoms with Crippen molar-refractivity contribution in [2.24, 2.45) is 5.41 Å². The summed E-state index contributed by atoms with van der Waals surface area (Å²) in [6, 6.07) is 0. The first-order valence-electron chi connectivity index (χ1n) is 4.35. The van der Waals surface area contributed by atoms with Gasteiger partial charge in [0.1, 0.15) is 6.61 Å². The van der Waals surface area contributed by atoms with E-state index in [-0.39, 0.29) is 0 Å². The lowest BCUT2D eigenvalue weighted by molar-refractivity contribution is -0.143. The summed E-state index contributed by atoms with van der Waals surface area (Å²) in [5.74, 6) is -1.08. The normalized spacial score (nSPS) is 11.0. The van der Waals surface area contributed by atoms with Crippen molar-refractivity contribution in [2.75, 3.05) is 26.4 Å². The maximum atomic E-state index is 11.1. The van der Waals surface area contributed by atoms with Crippen molar-refractivity contribution in [2.45, 2.75) is 6.92 Å². The van der Waals surface area contributed by atoms with E-state index in [1.165, 1.54) is 0 Å². The molecule has 0 fully saturated rings. The van der Waals surface area contributed by atoms with Crippen LogP contribution >= 0.6 is 0 Å². The van der Waals surface area contributed by atoms with Gasteiger partial charge in [-0.05, 0) is 6.92 Å². The second-order valence-electron chi connectivity index (χ2n) is 3.34. The standard InChI is InChI=1S/C8H14O7S/c1-6(16(13)14)7(12)15-5-8(2-9,3-10)4-11/h9-11H,2-5H2,1H3. The van der Waals surface area contributed by atoms with Crippen LogP contribution in [0.4, 0.5) is 0 Å². The van der Waals surface area contributed by atoms with Crippen LogP contribution < -0.4 is 0 Å². The third-order valence-electron chi connectivity index (χ3n) is 2.05. The molecule has 0 atom stereocenters. The topological polar surface area (TPSA) is 121 Å². The highest BCUT2D eigenvalue weighted by Crippen LogP contribution is 2.14. The molecule has 0 aromatic heterocycles. The molecule has 0 bridgehead atoms. The quantitative estimate of drug-likeness (QED) is 0.356. The van der Waals surface area contributed by atoms with Crippen molar-refractivity contribution < 1.29 is 33.3 Å². The molecule has 0 heterocycles. The van der Waals surface area contributed by atoms with Crippen LogP contribution in [0, 0.1) is 5.41 Å². The zero-order valence-electron chi connectivity index (χ0n) is 8.71. The van der Waals surface area contributed by atoms with Crippen LogP contribution in [0.15, 0.2) is 0 Å². The molecule has 0 aromatic rings. The van der Waals surface area contributed by atoms with Gasteiger partial charge >= 0.3 is 5.97 Å². The Kier molecular flexibility index (Phi) is 6.19. The zero-order valence-corrected chi connectivity index (χ0v) is 9.53. The van der Waals surface area contributed by atoms with E-state index in [4.69, 9.17) is 15.3 Å². The SMILES string of the molecule is CC(C(=O)OCC(CO)(CO)CO)=S(=O)=O. The molecule has 8 heteroatoms. The Morgan fingerprint density at radius 1 is 1.19 bits per heavy atom. The Morgan fingerprint density at radius 2 is 1.62 bits per heavy atom.